The molecule has 1 atom stereocenters. The number of fused-ring (bicyclic) bond motifs is 2. The summed E-state index contributed by atoms with van der Waals surface area (Å²) in [7, 11) is 1.64. The monoisotopic (exact) mass is 308 g/mol. The second-order valence-electron chi connectivity index (χ2n) is 5.97. The predicted octanol–water partition coefficient (Wildman–Crippen LogP) is 2.72. The molecule has 23 heavy (non-hydrogen) atoms. The maximum Gasteiger partial charge on any atom is 0.419 e. The van der Waals surface area contributed by atoms with Gasteiger partial charge in [0.05, 0.1) is 5.52 Å². The normalized spacial score (nSPS) is 16.8. The minimum atomic E-state index is -0.426. The molecule has 2 aromatic carbocycles. The van der Waals surface area contributed by atoms with Crippen molar-refractivity contribution in [1.29, 1.82) is 0 Å². The maximum atomic E-state index is 13.0. The van der Waals surface area contributed by atoms with Crippen molar-refractivity contribution < 1.29 is 9.21 Å². The second-order valence-corrected chi connectivity index (χ2v) is 5.97. The van der Waals surface area contributed by atoms with Crippen LogP contribution in [0, 0.1) is 0 Å². The Labute approximate surface area is 132 Å². The number of hydrogen-bond acceptors (Lipinski definition) is 3. The highest BCUT2D eigenvalue weighted by molar-refractivity contribution is 6.09. The number of oxazole rings is 1. The number of carbonyl (C=O) groups is 1. The van der Waals surface area contributed by atoms with Crippen molar-refractivity contribution in [3.05, 3.63) is 64.1 Å². The molecule has 4 rings (SSSR count). The lowest BCUT2D eigenvalue weighted by molar-refractivity contribution is 0.0981. The molecule has 0 saturated heterocycles. The molecular formula is C18H16N2O3. The number of hydrogen-bond donors (Lipinski definition) is 0. The van der Waals surface area contributed by atoms with Gasteiger partial charge in [-0.1, -0.05) is 18.2 Å². The van der Waals surface area contributed by atoms with Gasteiger partial charge in [0.15, 0.2) is 5.58 Å². The molecule has 1 aliphatic rings. The summed E-state index contributed by atoms with van der Waals surface area (Å²) in [6.07, 6.45) is 0.856. The molecule has 2 heterocycles. The van der Waals surface area contributed by atoms with Crippen molar-refractivity contribution in [2.75, 3.05) is 4.90 Å². The summed E-state index contributed by atoms with van der Waals surface area (Å²) in [6, 6.07) is 13.2. The first-order valence-electron chi connectivity index (χ1n) is 7.57. The van der Waals surface area contributed by atoms with E-state index in [1.807, 2.05) is 30.0 Å². The van der Waals surface area contributed by atoms with Gasteiger partial charge in [-0.15, -0.1) is 0 Å². The Morgan fingerprint density at radius 2 is 2.00 bits per heavy atom. The van der Waals surface area contributed by atoms with Crippen molar-refractivity contribution in [2.45, 2.75) is 19.4 Å². The van der Waals surface area contributed by atoms with Crippen LogP contribution < -0.4 is 10.7 Å². The summed E-state index contributed by atoms with van der Waals surface area (Å²) in [6.45, 7) is 2.05. The van der Waals surface area contributed by atoms with Gasteiger partial charge < -0.3 is 9.32 Å². The average molecular weight is 308 g/mol. The molecule has 5 heteroatoms. The third-order valence-corrected chi connectivity index (χ3v) is 4.46. The van der Waals surface area contributed by atoms with Crippen LogP contribution in [-0.4, -0.2) is 16.5 Å². The molecule has 116 valence electrons. The number of aromatic nitrogens is 1. The highest BCUT2D eigenvalue weighted by Gasteiger charge is 2.31. The molecule has 0 bridgehead atoms. The van der Waals surface area contributed by atoms with Gasteiger partial charge >= 0.3 is 5.76 Å². The number of para-hydroxylation sites is 1. The lowest BCUT2D eigenvalue weighted by atomic mass is 10.1. The summed E-state index contributed by atoms with van der Waals surface area (Å²) in [4.78, 5) is 26.4. The van der Waals surface area contributed by atoms with Crippen molar-refractivity contribution in [3.63, 3.8) is 0 Å². The summed E-state index contributed by atoms with van der Waals surface area (Å²) in [5.41, 5.74) is 3.82. The molecule has 5 nitrogen and oxygen atoms in total. The highest BCUT2D eigenvalue weighted by Crippen LogP contribution is 2.33. The topological polar surface area (TPSA) is 55.5 Å². The van der Waals surface area contributed by atoms with Crippen LogP contribution in [0.4, 0.5) is 5.69 Å². The zero-order valence-electron chi connectivity index (χ0n) is 12.9. The van der Waals surface area contributed by atoms with Crippen LogP contribution in [-0.2, 0) is 13.5 Å². The Balaban J connectivity index is 1.80. The standard InChI is InChI=1S/C18H16N2O3/c1-11-9-12-5-3-4-6-14(12)20(11)17(21)13-7-8-16-15(10-13)19(2)18(22)23-16/h3-8,10-11H,9H2,1-2H3. The Morgan fingerprint density at radius 1 is 1.22 bits per heavy atom. The summed E-state index contributed by atoms with van der Waals surface area (Å²) in [5, 5.41) is 0. The summed E-state index contributed by atoms with van der Waals surface area (Å²) < 4.78 is 6.53. The van der Waals surface area contributed by atoms with Crippen LogP contribution >= 0.6 is 0 Å². The molecule has 1 amide bonds. The van der Waals surface area contributed by atoms with E-state index in [1.54, 1.807) is 25.2 Å². The van der Waals surface area contributed by atoms with Crippen molar-refractivity contribution in [3.8, 4) is 0 Å². The predicted molar refractivity (Wildman–Crippen MR) is 87.9 cm³/mol. The van der Waals surface area contributed by atoms with E-state index in [9.17, 15) is 9.59 Å². The lowest BCUT2D eigenvalue weighted by Crippen LogP contribution is -2.35. The fourth-order valence-electron chi connectivity index (χ4n) is 3.27. The van der Waals surface area contributed by atoms with E-state index < -0.39 is 5.76 Å². The van der Waals surface area contributed by atoms with Gasteiger partial charge in [0.25, 0.3) is 5.91 Å². The number of aryl methyl sites for hydroxylation is 1. The number of benzene rings is 2. The number of rotatable bonds is 1. The SMILES string of the molecule is CC1Cc2ccccc2N1C(=O)c1ccc2oc(=O)n(C)c2c1. The zero-order chi connectivity index (χ0) is 16.1. The van der Waals surface area contributed by atoms with E-state index in [-0.39, 0.29) is 11.9 Å². The summed E-state index contributed by atoms with van der Waals surface area (Å²) >= 11 is 0. The van der Waals surface area contributed by atoms with E-state index in [0.29, 0.717) is 16.7 Å². The molecule has 0 aliphatic carbocycles. The van der Waals surface area contributed by atoms with Gasteiger partial charge in [0.1, 0.15) is 0 Å². The third kappa shape index (κ3) is 2.00. The molecule has 0 fully saturated rings. The van der Waals surface area contributed by atoms with Crippen LogP contribution in [0.2, 0.25) is 0 Å². The molecule has 0 saturated carbocycles. The van der Waals surface area contributed by atoms with Crippen LogP contribution in [0.3, 0.4) is 0 Å². The average Bonchev–Trinajstić information content (AvgIpc) is 3.03. The van der Waals surface area contributed by atoms with Crippen LogP contribution in [0.5, 0.6) is 0 Å². The molecule has 1 unspecified atom stereocenters. The first-order valence-corrected chi connectivity index (χ1v) is 7.57. The minimum absolute atomic E-state index is 0.0574. The van der Waals surface area contributed by atoms with E-state index in [2.05, 4.69) is 6.07 Å². The molecule has 0 radical (unpaired) electrons. The molecule has 1 aliphatic heterocycles. The Morgan fingerprint density at radius 3 is 2.83 bits per heavy atom. The van der Waals surface area contributed by atoms with Crippen LogP contribution in [0.15, 0.2) is 51.7 Å². The molecule has 0 spiro atoms. The van der Waals surface area contributed by atoms with Crippen LogP contribution in [0.25, 0.3) is 11.1 Å². The Bertz CT molecular complexity index is 983. The van der Waals surface area contributed by atoms with E-state index >= 15 is 0 Å². The first-order chi connectivity index (χ1) is 11.1. The minimum Gasteiger partial charge on any atom is -0.408 e. The molecule has 3 aromatic rings. The van der Waals surface area contributed by atoms with E-state index in [4.69, 9.17) is 4.42 Å². The number of anilines is 1. The third-order valence-electron chi connectivity index (χ3n) is 4.46. The Kier molecular flexibility index (Phi) is 2.91. The van der Waals surface area contributed by atoms with Gasteiger partial charge in [-0.2, -0.15) is 0 Å². The van der Waals surface area contributed by atoms with Gasteiger partial charge in [-0.05, 0) is 43.2 Å². The van der Waals surface area contributed by atoms with Crippen molar-refractivity contribution in [1.82, 2.24) is 4.57 Å². The number of amides is 1. The van der Waals surface area contributed by atoms with Gasteiger partial charge in [-0.3, -0.25) is 9.36 Å². The fraction of sp³-hybridized carbons (Fsp3) is 0.222. The zero-order valence-corrected chi connectivity index (χ0v) is 12.9. The second kappa shape index (κ2) is 4.84. The molecule has 1 aromatic heterocycles. The molecular weight excluding hydrogens is 292 g/mol. The lowest BCUT2D eigenvalue weighted by Gasteiger charge is -2.22. The van der Waals surface area contributed by atoms with Crippen molar-refractivity contribution >= 4 is 22.7 Å². The smallest absolute Gasteiger partial charge is 0.408 e. The fourth-order valence-corrected chi connectivity index (χ4v) is 3.27. The number of nitrogens with zero attached hydrogens (tertiary/aromatic N) is 2. The van der Waals surface area contributed by atoms with Crippen LogP contribution in [0.1, 0.15) is 22.8 Å². The Hall–Kier alpha value is -2.82. The van der Waals surface area contributed by atoms with Gasteiger partial charge in [0, 0.05) is 24.3 Å². The van der Waals surface area contributed by atoms with E-state index in [1.165, 1.54) is 10.1 Å². The number of carbonyl (C=O) groups excluding carboxylic acids is 1. The first kappa shape index (κ1) is 13.8. The van der Waals surface area contributed by atoms with Gasteiger partial charge in [-0.25, -0.2) is 4.79 Å². The van der Waals surface area contributed by atoms with Gasteiger partial charge in [0.2, 0.25) is 0 Å². The largest absolute Gasteiger partial charge is 0.419 e. The maximum absolute atomic E-state index is 13.0. The quantitative estimate of drug-likeness (QED) is 0.694. The summed E-state index contributed by atoms with van der Waals surface area (Å²) in [5.74, 6) is -0.484. The van der Waals surface area contributed by atoms with Crippen molar-refractivity contribution in [2.24, 2.45) is 7.05 Å². The molecule has 0 N–H and O–H groups in total. The van der Waals surface area contributed by atoms with E-state index in [0.717, 1.165) is 12.1 Å². The highest BCUT2D eigenvalue weighted by atomic mass is 16.4.